The van der Waals surface area contributed by atoms with Crippen LogP contribution in [0.15, 0.2) is 18.2 Å². The standard InChI is InChI=1S/C12H16FN3O2/c1-14-3-2-4-15(6-5-14)11-7-10(13)8-12(9-11)16(17)18/h7-9H,2-6H2,1H3. The van der Waals surface area contributed by atoms with Gasteiger partial charge in [-0.05, 0) is 26.1 Å². The highest BCUT2D eigenvalue weighted by Crippen LogP contribution is 2.24. The second-order valence-electron chi connectivity index (χ2n) is 4.57. The lowest BCUT2D eigenvalue weighted by Gasteiger charge is -2.22. The second-order valence-corrected chi connectivity index (χ2v) is 4.57. The summed E-state index contributed by atoms with van der Waals surface area (Å²) in [4.78, 5) is 14.4. The Balaban J connectivity index is 2.24. The third-order valence-corrected chi connectivity index (χ3v) is 3.16. The third-order valence-electron chi connectivity index (χ3n) is 3.16. The van der Waals surface area contributed by atoms with Gasteiger partial charge in [0.05, 0.1) is 11.0 Å². The van der Waals surface area contributed by atoms with E-state index >= 15 is 0 Å². The molecule has 1 aliphatic rings. The highest BCUT2D eigenvalue weighted by Gasteiger charge is 2.16. The molecule has 0 spiro atoms. The van der Waals surface area contributed by atoms with Crippen LogP contribution in [0.5, 0.6) is 0 Å². The van der Waals surface area contributed by atoms with Gasteiger partial charge in [-0.1, -0.05) is 0 Å². The zero-order valence-electron chi connectivity index (χ0n) is 10.3. The molecule has 0 aliphatic carbocycles. The predicted molar refractivity (Wildman–Crippen MR) is 67.4 cm³/mol. The van der Waals surface area contributed by atoms with E-state index in [1.807, 2.05) is 11.9 Å². The Morgan fingerprint density at radius 1 is 1.22 bits per heavy atom. The number of hydrogen-bond donors (Lipinski definition) is 0. The molecule has 18 heavy (non-hydrogen) atoms. The van der Waals surface area contributed by atoms with E-state index in [0.717, 1.165) is 38.7 Å². The highest BCUT2D eigenvalue weighted by molar-refractivity contribution is 5.53. The Bertz CT molecular complexity index is 453. The van der Waals surface area contributed by atoms with E-state index in [9.17, 15) is 14.5 Å². The Kier molecular flexibility index (Phi) is 3.76. The summed E-state index contributed by atoms with van der Waals surface area (Å²) in [6.07, 6.45) is 0.973. The molecule has 1 fully saturated rings. The molecule has 6 heteroatoms. The van der Waals surface area contributed by atoms with Gasteiger partial charge < -0.3 is 9.80 Å². The van der Waals surface area contributed by atoms with Crippen molar-refractivity contribution >= 4 is 11.4 Å². The Morgan fingerprint density at radius 2 is 2.00 bits per heavy atom. The lowest BCUT2D eigenvalue weighted by molar-refractivity contribution is -0.385. The van der Waals surface area contributed by atoms with Crippen LogP contribution in [0.2, 0.25) is 0 Å². The monoisotopic (exact) mass is 253 g/mol. The fraction of sp³-hybridized carbons (Fsp3) is 0.500. The molecule has 0 bridgehead atoms. The summed E-state index contributed by atoms with van der Waals surface area (Å²) in [5.74, 6) is -0.559. The molecule has 0 radical (unpaired) electrons. The van der Waals surface area contributed by atoms with E-state index in [-0.39, 0.29) is 5.69 Å². The minimum absolute atomic E-state index is 0.192. The van der Waals surface area contributed by atoms with Gasteiger partial charge >= 0.3 is 0 Å². The number of benzene rings is 1. The minimum atomic E-state index is -0.559. The number of nitrogens with zero attached hydrogens (tertiary/aromatic N) is 3. The van der Waals surface area contributed by atoms with Gasteiger partial charge in [-0.25, -0.2) is 4.39 Å². The molecule has 0 unspecified atom stereocenters. The lowest BCUT2D eigenvalue weighted by Crippen LogP contribution is -2.28. The van der Waals surface area contributed by atoms with E-state index < -0.39 is 10.7 Å². The number of non-ortho nitro benzene ring substituents is 1. The van der Waals surface area contributed by atoms with Gasteiger partial charge in [-0.3, -0.25) is 10.1 Å². The van der Waals surface area contributed by atoms with Crippen LogP contribution in [0.1, 0.15) is 6.42 Å². The number of hydrogen-bond acceptors (Lipinski definition) is 4. The van der Waals surface area contributed by atoms with Gasteiger partial charge in [-0.2, -0.15) is 0 Å². The Labute approximate surface area is 105 Å². The van der Waals surface area contributed by atoms with Crippen molar-refractivity contribution in [2.24, 2.45) is 0 Å². The largest absolute Gasteiger partial charge is 0.370 e. The average molecular weight is 253 g/mol. The molecular weight excluding hydrogens is 237 g/mol. The maximum atomic E-state index is 13.4. The summed E-state index contributed by atoms with van der Waals surface area (Å²) in [5.41, 5.74) is 0.402. The van der Waals surface area contributed by atoms with Crippen molar-refractivity contribution in [2.75, 3.05) is 38.1 Å². The smallest absolute Gasteiger partial charge is 0.274 e. The molecule has 5 nitrogen and oxygen atoms in total. The summed E-state index contributed by atoms with van der Waals surface area (Å²) < 4.78 is 13.4. The normalized spacial score (nSPS) is 17.6. The molecule has 98 valence electrons. The van der Waals surface area contributed by atoms with Gasteiger partial charge in [0.2, 0.25) is 0 Å². The average Bonchev–Trinajstić information content (AvgIpc) is 2.53. The van der Waals surface area contributed by atoms with Gasteiger partial charge in [0.1, 0.15) is 5.82 Å². The van der Waals surface area contributed by atoms with Crippen LogP contribution < -0.4 is 4.90 Å². The SMILES string of the molecule is CN1CCCN(c2cc(F)cc([N+](=O)[O-])c2)CC1. The zero-order valence-corrected chi connectivity index (χ0v) is 10.3. The van der Waals surface area contributed by atoms with Crippen molar-refractivity contribution in [1.82, 2.24) is 4.90 Å². The van der Waals surface area contributed by atoms with Gasteiger partial charge in [0.25, 0.3) is 5.69 Å². The number of nitro groups is 1. The van der Waals surface area contributed by atoms with Crippen LogP contribution in [-0.4, -0.2) is 43.0 Å². The van der Waals surface area contributed by atoms with Crippen molar-refractivity contribution in [2.45, 2.75) is 6.42 Å². The third kappa shape index (κ3) is 2.95. The zero-order chi connectivity index (χ0) is 13.1. The van der Waals surface area contributed by atoms with Crippen LogP contribution >= 0.6 is 0 Å². The van der Waals surface area contributed by atoms with E-state index in [4.69, 9.17) is 0 Å². The molecule has 1 aliphatic heterocycles. The molecule has 1 saturated heterocycles. The quantitative estimate of drug-likeness (QED) is 0.596. The minimum Gasteiger partial charge on any atom is -0.370 e. The maximum Gasteiger partial charge on any atom is 0.274 e. The van der Waals surface area contributed by atoms with Crippen LogP contribution in [0.25, 0.3) is 0 Å². The number of halogens is 1. The van der Waals surface area contributed by atoms with Crippen molar-refractivity contribution in [3.05, 3.63) is 34.1 Å². The fourth-order valence-corrected chi connectivity index (χ4v) is 2.15. The summed E-state index contributed by atoms with van der Waals surface area (Å²) in [6.45, 7) is 3.43. The number of rotatable bonds is 2. The molecule has 1 aromatic carbocycles. The van der Waals surface area contributed by atoms with Crippen molar-refractivity contribution < 1.29 is 9.31 Å². The van der Waals surface area contributed by atoms with E-state index in [2.05, 4.69) is 4.90 Å². The van der Waals surface area contributed by atoms with Gasteiger partial charge in [0, 0.05) is 31.4 Å². The first kappa shape index (κ1) is 12.8. The summed E-state index contributed by atoms with van der Waals surface area (Å²) in [5, 5.41) is 10.7. The molecule has 0 N–H and O–H groups in total. The molecular formula is C12H16FN3O2. The second kappa shape index (κ2) is 5.30. The number of anilines is 1. The first-order valence-electron chi connectivity index (χ1n) is 5.95. The highest BCUT2D eigenvalue weighted by atomic mass is 19.1. The molecule has 0 aromatic heterocycles. The van der Waals surface area contributed by atoms with Crippen LogP contribution in [0, 0.1) is 15.9 Å². The van der Waals surface area contributed by atoms with Gasteiger partial charge in [-0.15, -0.1) is 0 Å². The Morgan fingerprint density at radius 3 is 2.72 bits per heavy atom. The first-order chi connectivity index (χ1) is 8.56. The molecule has 0 amide bonds. The molecule has 1 aromatic rings. The van der Waals surface area contributed by atoms with Crippen LogP contribution in [-0.2, 0) is 0 Å². The van der Waals surface area contributed by atoms with E-state index in [1.54, 1.807) is 0 Å². The Hall–Kier alpha value is -1.69. The van der Waals surface area contributed by atoms with E-state index in [1.165, 1.54) is 12.1 Å². The number of nitro benzene ring substituents is 1. The summed E-state index contributed by atoms with van der Waals surface area (Å²) in [7, 11) is 2.04. The van der Waals surface area contributed by atoms with Crippen molar-refractivity contribution in [1.29, 1.82) is 0 Å². The first-order valence-corrected chi connectivity index (χ1v) is 5.95. The molecule has 2 rings (SSSR count). The van der Waals surface area contributed by atoms with Crippen molar-refractivity contribution in [3.8, 4) is 0 Å². The van der Waals surface area contributed by atoms with Crippen LogP contribution in [0.3, 0.4) is 0 Å². The molecule has 0 saturated carbocycles. The lowest BCUT2D eigenvalue weighted by atomic mass is 10.2. The van der Waals surface area contributed by atoms with E-state index in [0.29, 0.717) is 5.69 Å². The molecule has 1 heterocycles. The van der Waals surface area contributed by atoms with Crippen molar-refractivity contribution in [3.63, 3.8) is 0 Å². The maximum absolute atomic E-state index is 13.4. The summed E-state index contributed by atoms with van der Waals surface area (Å²) >= 11 is 0. The summed E-state index contributed by atoms with van der Waals surface area (Å²) in [6, 6.07) is 3.75. The molecule has 0 atom stereocenters. The topological polar surface area (TPSA) is 49.6 Å². The van der Waals surface area contributed by atoms with Crippen LogP contribution in [0.4, 0.5) is 15.8 Å². The number of likely N-dealkylation sites (N-methyl/N-ethyl adjacent to an activating group) is 1. The predicted octanol–water partition coefficient (Wildman–Crippen LogP) is 1.88. The fourth-order valence-electron chi connectivity index (χ4n) is 2.15. The van der Waals surface area contributed by atoms with Gasteiger partial charge in [0.15, 0.2) is 0 Å².